The second-order valence-electron chi connectivity index (χ2n) is 3.19. The fourth-order valence-corrected chi connectivity index (χ4v) is 1.90. The molecule has 0 fully saturated rings. The summed E-state index contributed by atoms with van der Waals surface area (Å²) < 4.78 is 13.6. The summed E-state index contributed by atoms with van der Waals surface area (Å²) in [6.45, 7) is 0. The molecule has 0 saturated heterocycles. The van der Waals surface area contributed by atoms with Gasteiger partial charge in [-0.3, -0.25) is 10.1 Å². The van der Waals surface area contributed by atoms with Crippen LogP contribution in [0.2, 0.25) is 5.15 Å². The van der Waals surface area contributed by atoms with Crippen molar-refractivity contribution >= 4 is 33.4 Å². The molecule has 74 valence electrons. The minimum Gasteiger partial charge on any atom is -0.266 e. The molecule has 1 N–H and O–H groups in total. The number of hydrogen-bond acceptors (Lipinski definition) is 2. The number of nitrogens with zero attached hydrogens (tertiary/aromatic N) is 2. The minimum absolute atomic E-state index is 0.336. The Balaban J connectivity index is 2.68. The molecule has 3 nitrogen and oxygen atoms in total. The Kier molecular flexibility index (Phi) is 1.67. The zero-order valence-corrected chi connectivity index (χ0v) is 8.22. The quantitative estimate of drug-likeness (QED) is 0.634. The van der Waals surface area contributed by atoms with Crippen LogP contribution >= 0.6 is 11.6 Å². The Labute approximate surface area is 88.9 Å². The highest BCUT2D eigenvalue weighted by atomic mass is 35.5. The number of rotatable bonds is 0. The summed E-state index contributed by atoms with van der Waals surface area (Å²) in [5.74, 6) is -0.339. The monoisotopic (exact) mass is 221 g/mol. The van der Waals surface area contributed by atoms with Crippen LogP contribution in [0.15, 0.2) is 24.4 Å². The Morgan fingerprint density at radius 3 is 2.93 bits per heavy atom. The molecule has 3 aromatic rings. The van der Waals surface area contributed by atoms with Crippen LogP contribution in [0.3, 0.4) is 0 Å². The van der Waals surface area contributed by atoms with Crippen molar-refractivity contribution in [1.82, 2.24) is 15.2 Å². The maximum atomic E-state index is 13.6. The summed E-state index contributed by atoms with van der Waals surface area (Å²) in [4.78, 5) is 4.10. The van der Waals surface area contributed by atoms with Crippen molar-refractivity contribution in [2.24, 2.45) is 0 Å². The van der Waals surface area contributed by atoms with Gasteiger partial charge in [0.25, 0.3) is 0 Å². The molecule has 0 bridgehead atoms. The highest BCUT2D eigenvalue weighted by Gasteiger charge is 2.11. The Bertz CT molecular complexity index is 662. The molecule has 0 radical (unpaired) electrons. The Morgan fingerprint density at radius 2 is 2.07 bits per heavy atom. The lowest BCUT2D eigenvalue weighted by Crippen LogP contribution is -1.84. The lowest BCUT2D eigenvalue weighted by atomic mass is 10.1. The molecule has 1 aromatic carbocycles. The van der Waals surface area contributed by atoms with Crippen molar-refractivity contribution in [2.75, 3.05) is 0 Å². The SMILES string of the molecule is Fc1cccc2ncc3n[nH]c(Cl)c3c12. The van der Waals surface area contributed by atoms with Gasteiger partial charge in [0.15, 0.2) is 0 Å². The number of nitrogens with one attached hydrogen (secondary N) is 1. The van der Waals surface area contributed by atoms with Gasteiger partial charge in [-0.05, 0) is 12.1 Å². The van der Waals surface area contributed by atoms with Crippen LogP contribution < -0.4 is 0 Å². The van der Waals surface area contributed by atoms with Crippen molar-refractivity contribution in [3.05, 3.63) is 35.4 Å². The van der Waals surface area contributed by atoms with Crippen molar-refractivity contribution < 1.29 is 4.39 Å². The van der Waals surface area contributed by atoms with E-state index in [0.717, 1.165) is 0 Å². The molecule has 3 rings (SSSR count). The summed E-state index contributed by atoms with van der Waals surface area (Å²) in [7, 11) is 0. The van der Waals surface area contributed by atoms with Gasteiger partial charge >= 0.3 is 0 Å². The number of aromatic nitrogens is 3. The number of pyridine rings is 1. The van der Waals surface area contributed by atoms with Crippen LogP contribution in [0.4, 0.5) is 4.39 Å². The van der Waals surface area contributed by atoms with E-state index in [1.54, 1.807) is 18.3 Å². The minimum atomic E-state index is -0.339. The van der Waals surface area contributed by atoms with E-state index in [2.05, 4.69) is 15.2 Å². The number of aromatic amines is 1. The van der Waals surface area contributed by atoms with Crippen molar-refractivity contribution in [3.8, 4) is 0 Å². The van der Waals surface area contributed by atoms with Crippen LogP contribution in [-0.4, -0.2) is 15.2 Å². The van der Waals surface area contributed by atoms with E-state index in [1.165, 1.54) is 6.07 Å². The topological polar surface area (TPSA) is 41.6 Å². The first-order chi connectivity index (χ1) is 7.27. The maximum absolute atomic E-state index is 13.6. The van der Waals surface area contributed by atoms with Gasteiger partial charge in [-0.1, -0.05) is 17.7 Å². The van der Waals surface area contributed by atoms with Gasteiger partial charge in [0.05, 0.1) is 17.1 Å². The van der Waals surface area contributed by atoms with E-state index >= 15 is 0 Å². The third kappa shape index (κ3) is 1.11. The molecule has 0 amide bonds. The standard InChI is InChI=1S/C10H5ClFN3/c11-10-9-7(14-15-10)4-13-6-3-1-2-5(12)8(6)9/h1-4H,(H,14,15). The molecule has 15 heavy (non-hydrogen) atoms. The van der Waals surface area contributed by atoms with Crippen molar-refractivity contribution in [3.63, 3.8) is 0 Å². The zero-order valence-electron chi connectivity index (χ0n) is 7.46. The molecular weight excluding hydrogens is 217 g/mol. The van der Waals surface area contributed by atoms with E-state index in [9.17, 15) is 4.39 Å². The fraction of sp³-hybridized carbons (Fsp3) is 0. The highest BCUT2D eigenvalue weighted by molar-refractivity contribution is 6.36. The van der Waals surface area contributed by atoms with E-state index in [4.69, 9.17) is 11.6 Å². The Morgan fingerprint density at radius 1 is 1.20 bits per heavy atom. The van der Waals surface area contributed by atoms with Gasteiger partial charge in [0.2, 0.25) is 0 Å². The van der Waals surface area contributed by atoms with Gasteiger partial charge in [-0.2, -0.15) is 5.10 Å². The first-order valence-corrected chi connectivity index (χ1v) is 4.72. The second kappa shape index (κ2) is 2.90. The summed E-state index contributed by atoms with van der Waals surface area (Å²) in [6.07, 6.45) is 1.57. The van der Waals surface area contributed by atoms with Crippen molar-refractivity contribution in [2.45, 2.75) is 0 Å². The molecule has 0 aliphatic rings. The first-order valence-electron chi connectivity index (χ1n) is 4.34. The number of fused-ring (bicyclic) bond motifs is 3. The van der Waals surface area contributed by atoms with Crippen LogP contribution in [0.5, 0.6) is 0 Å². The van der Waals surface area contributed by atoms with Gasteiger partial charge in [0, 0.05) is 5.39 Å². The molecule has 0 aliphatic heterocycles. The second-order valence-corrected chi connectivity index (χ2v) is 3.57. The lowest BCUT2D eigenvalue weighted by Gasteiger charge is -1.99. The molecule has 2 aromatic heterocycles. The normalized spacial score (nSPS) is 11.3. The average Bonchev–Trinajstić information content (AvgIpc) is 2.61. The number of hydrogen-bond donors (Lipinski definition) is 1. The first kappa shape index (κ1) is 8.61. The van der Waals surface area contributed by atoms with E-state index < -0.39 is 0 Å². The molecule has 2 heterocycles. The van der Waals surface area contributed by atoms with Crippen LogP contribution in [0.1, 0.15) is 0 Å². The molecule has 0 atom stereocenters. The van der Waals surface area contributed by atoms with Crippen LogP contribution in [0.25, 0.3) is 21.8 Å². The predicted octanol–water partition coefficient (Wildman–Crippen LogP) is 2.90. The van der Waals surface area contributed by atoms with Gasteiger partial charge in [0.1, 0.15) is 16.5 Å². The molecule has 0 unspecified atom stereocenters. The van der Waals surface area contributed by atoms with Gasteiger partial charge in [-0.25, -0.2) is 4.39 Å². The largest absolute Gasteiger partial charge is 0.266 e. The zero-order chi connectivity index (χ0) is 10.4. The van der Waals surface area contributed by atoms with Gasteiger partial charge < -0.3 is 0 Å². The van der Waals surface area contributed by atoms with Crippen molar-refractivity contribution in [1.29, 1.82) is 0 Å². The van der Waals surface area contributed by atoms with Crippen LogP contribution in [-0.2, 0) is 0 Å². The van der Waals surface area contributed by atoms with Gasteiger partial charge in [-0.15, -0.1) is 0 Å². The third-order valence-corrected chi connectivity index (χ3v) is 2.59. The van der Waals surface area contributed by atoms with Crippen LogP contribution in [0, 0.1) is 5.82 Å². The molecule has 0 saturated carbocycles. The lowest BCUT2D eigenvalue weighted by molar-refractivity contribution is 0.640. The third-order valence-electron chi connectivity index (χ3n) is 2.32. The summed E-state index contributed by atoms with van der Waals surface area (Å²) in [5, 5.41) is 7.86. The predicted molar refractivity (Wildman–Crippen MR) is 56.4 cm³/mol. The van der Waals surface area contributed by atoms with E-state index in [1.807, 2.05) is 0 Å². The number of H-pyrrole nitrogens is 1. The molecule has 0 spiro atoms. The van der Waals surface area contributed by atoms with E-state index in [0.29, 0.717) is 27.0 Å². The highest BCUT2D eigenvalue weighted by Crippen LogP contribution is 2.29. The average molecular weight is 222 g/mol. The maximum Gasteiger partial charge on any atom is 0.133 e. The summed E-state index contributed by atoms with van der Waals surface area (Å²) >= 11 is 5.91. The summed E-state index contributed by atoms with van der Waals surface area (Å²) in [6, 6.07) is 4.73. The molecule has 0 aliphatic carbocycles. The summed E-state index contributed by atoms with van der Waals surface area (Å²) in [5.41, 5.74) is 1.14. The Hall–Kier alpha value is -1.68. The molecular formula is C10H5ClFN3. The fourth-order valence-electron chi connectivity index (χ4n) is 1.66. The smallest absolute Gasteiger partial charge is 0.133 e. The van der Waals surface area contributed by atoms with E-state index in [-0.39, 0.29) is 5.82 Å². The number of halogens is 2. The molecule has 5 heteroatoms. The number of benzene rings is 1.